The Kier molecular flexibility index (Phi) is 4.66. The van der Waals surface area contributed by atoms with E-state index in [-0.39, 0.29) is 18.0 Å². The Balaban J connectivity index is 1.84. The van der Waals surface area contributed by atoms with Gasteiger partial charge in [0.15, 0.2) is 0 Å². The number of H-pyrrole nitrogens is 1. The molecule has 1 aliphatic rings. The van der Waals surface area contributed by atoms with Crippen molar-refractivity contribution < 1.29 is 4.79 Å². The number of hydrogen-bond donors (Lipinski definition) is 3. The summed E-state index contributed by atoms with van der Waals surface area (Å²) in [5.74, 6) is 2.12. The minimum Gasteiger partial charge on any atom is -0.351 e. The first-order chi connectivity index (χ1) is 8.70. The number of thioether (sulfide) groups is 1. The summed E-state index contributed by atoms with van der Waals surface area (Å²) in [5, 5.41) is 6.28. The number of hydrogen-bond acceptors (Lipinski definition) is 4. The Morgan fingerprint density at radius 1 is 1.72 bits per heavy atom. The summed E-state index contributed by atoms with van der Waals surface area (Å²) in [6, 6.07) is 0.0553. The van der Waals surface area contributed by atoms with Crippen LogP contribution in [0, 0.1) is 0 Å². The van der Waals surface area contributed by atoms with Crippen molar-refractivity contribution in [3.8, 4) is 0 Å². The molecule has 0 saturated carbocycles. The standard InChI is InChI=1S/C12H20N4OS/c1-3-18-6-8(2)16-12(17)10-4-9-11(5-13-10)15-7-14-9/h7-8,10,13H,3-6H2,1-2H3,(H,14,15)(H,16,17). The van der Waals surface area contributed by atoms with Crippen LogP contribution in [0.1, 0.15) is 25.2 Å². The molecule has 100 valence electrons. The molecule has 0 saturated heterocycles. The van der Waals surface area contributed by atoms with Gasteiger partial charge in [-0.25, -0.2) is 4.98 Å². The summed E-state index contributed by atoms with van der Waals surface area (Å²) < 4.78 is 0. The van der Waals surface area contributed by atoms with E-state index in [2.05, 4.69) is 27.5 Å². The molecule has 18 heavy (non-hydrogen) atoms. The molecule has 2 rings (SSSR count). The second-order valence-corrected chi connectivity index (χ2v) is 5.85. The molecule has 2 heterocycles. The SMILES string of the molecule is CCSCC(C)NC(=O)C1Cc2nc[nH]c2CN1. The molecule has 1 amide bonds. The van der Waals surface area contributed by atoms with Gasteiger partial charge in [0.05, 0.1) is 23.8 Å². The van der Waals surface area contributed by atoms with E-state index < -0.39 is 0 Å². The van der Waals surface area contributed by atoms with Gasteiger partial charge in [0.25, 0.3) is 0 Å². The van der Waals surface area contributed by atoms with Gasteiger partial charge in [-0.05, 0) is 12.7 Å². The van der Waals surface area contributed by atoms with Crippen LogP contribution in [0.15, 0.2) is 6.33 Å². The van der Waals surface area contributed by atoms with Crippen molar-refractivity contribution in [3.63, 3.8) is 0 Å². The Bertz CT molecular complexity index is 407. The van der Waals surface area contributed by atoms with E-state index in [4.69, 9.17) is 0 Å². The zero-order chi connectivity index (χ0) is 13.0. The van der Waals surface area contributed by atoms with E-state index in [1.807, 2.05) is 18.7 Å². The number of imidazole rings is 1. The molecule has 1 aromatic rings. The number of carbonyl (C=O) groups is 1. The lowest BCUT2D eigenvalue weighted by molar-refractivity contribution is -0.123. The lowest BCUT2D eigenvalue weighted by Crippen LogP contribution is -2.50. The fraction of sp³-hybridized carbons (Fsp3) is 0.667. The first-order valence-corrected chi connectivity index (χ1v) is 7.48. The molecular weight excluding hydrogens is 248 g/mol. The van der Waals surface area contributed by atoms with Gasteiger partial charge < -0.3 is 10.3 Å². The fourth-order valence-electron chi connectivity index (χ4n) is 2.03. The lowest BCUT2D eigenvalue weighted by Gasteiger charge is -2.24. The topological polar surface area (TPSA) is 69.8 Å². The molecule has 0 aromatic carbocycles. The van der Waals surface area contributed by atoms with Crippen LogP contribution in [0.5, 0.6) is 0 Å². The summed E-state index contributed by atoms with van der Waals surface area (Å²) >= 11 is 1.84. The van der Waals surface area contributed by atoms with Crippen LogP contribution in [0.3, 0.4) is 0 Å². The highest BCUT2D eigenvalue weighted by molar-refractivity contribution is 7.99. The van der Waals surface area contributed by atoms with E-state index in [1.165, 1.54) is 0 Å². The van der Waals surface area contributed by atoms with Crippen LogP contribution in [0.2, 0.25) is 0 Å². The largest absolute Gasteiger partial charge is 0.351 e. The summed E-state index contributed by atoms with van der Waals surface area (Å²) in [6.07, 6.45) is 2.35. The molecule has 2 atom stereocenters. The molecule has 6 heteroatoms. The number of aromatic amines is 1. The van der Waals surface area contributed by atoms with Crippen LogP contribution in [-0.4, -0.2) is 39.5 Å². The molecule has 0 aliphatic carbocycles. The lowest BCUT2D eigenvalue weighted by atomic mass is 10.0. The van der Waals surface area contributed by atoms with Crippen LogP contribution < -0.4 is 10.6 Å². The maximum Gasteiger partial charge on any atom is 0.237 e. The van der Waals surface area contributed by atoms with Gasteiger partial charge >= 0.3 is 0 Å². The minimum atomic E-state index is -0.158. The number of nitrogens with zero attached hydrogens (tertiary/aromatic N) is 1. The predicted molar refractivity (Wildman–Crippen MR) is 73.5 cm³/mol. The van der Waals surface area contributed by atoms with Gasteiger partial charge in [0, 0.05) is 24.8 Å². The molecule has 0 spiro atoms. The highest BCUT2D eigenvalue weighted by atomic mass is 32.2. The van der Waals surface area contributed by atoms with Crippen molar-refractivity contribution >= 4 is 17.7 Å². The smallest absolute Gasteiger partial charge is 0.237 e. The average Bonchev–Trinajstić information content (AvgIpc) is 2.83. The normalized spacial score (nSPS) is 20.2. The van der Waals surface area contributed by atoms with Gasteiger partial charge in [-0.1, -0.05) is 6.92 Å². The van der Waals surface area contributed by atoms with E-state index in [9.17, 15) is 4.79 Å². The van der Waals surface area contributed by atoms with Gasteiger partial charge in [-0.15, -0.1) is 0 Å². The molecule has 5 nitrogen and oxygen atoms in total. The Hall–Kier alpha value is -1.01. The Labute approximate surface area is 112 Å². The molecular formula is C12H20N4OS. The molecule has 0 radical (unpaired) electrons. The van der Waals surface area contributed by atoms with Gasteiger partial charge in [0.1, 0.15) is 0 Å². The highest BCUT2D eigenvalue weighted by Crippen LogP contribution is 2.12. The zero-order valence-electron chi connectivity index (χ0n) is 10.8. The third-order valence-corrected chi connectivity index (χ3v) is 4.15. The van der Waals surface area contributed by atoms with Crippen LogP contribution >= 0.6 is 11.8 Å². The number of nitrogens with one attached hydrogen (secondary N) is 3. The third kappa shape index (κ3) is 3.26. The van der Waals surface area contributed by atoms with Crippen molar-refractivity contribution in [1.82, 2.24) is 20.6 Å². The predicted octanol–water partition coefficient (Wildman–Crippen LogP) is 0.682. The summed E-state index contributed by atoms with van der Waals surface area (Å²) in [7, 11) is 0. The molecule has 3 N–H and O–H groups in total. The number of amides is 1. The monoisotopic (exact) mass is 268 g/mol. The third-order valence-electron chi connectivity index (χ3n) is 3.01. The van der Waals surface area contributed by atoms with Crippen LogP contribution in [0.4, 0.5) is 0 Å². The highest BCUT2D eigenvalue weighted by Gasteiger charge is 2.26. The number of rotatable bonds is 5. The van der Waals surface area contributed by atoms with E-state index in [0.29, 0.717) is 13.0 Å². The van der Waals surface area contributed by atoms with Gasteiger partial charge in [-0.2, -0.15) is 11.8 Å². The second kappa shape index (κ2) is 6.24. The van der Waals surface area contributed by atoms with E-state index in [1.54, 1.807) is 6.33 Å². The molecule has 0 fully saturated rings. The Morgan fingerprint density at radius 3 is 3.33 bits per heavy atom. The Morgan fingerprint density at radius 2 is 2.56 bits per heavy atom. The maximum absolute atomic E-state index is 12.1. The molecule has 2 unspecified atom stereocenters. The quantitative estimate of drug-likeness (QED) is 0.734. The maximum atomic E-state index is 12.1. The number of carbonyl (C=O) groups excluding carboxylic acids is 1. The van der Waals surface area contributed by atoms with Crippen molar-refractivity contribution in [2.75, 3.05) is 11.5 Å². The first kappa shape index (κ1) is 13.4. The average molecular weight is 268 g/mol. The summed E-state index contributed by atoms with van der Waals surface area (Å²) in [6.45, 7) is 4.86. The van der Waals surface area contributed by atoms with Crippen LogP contribution in [-0.2, 0) is 17.8 Å². The summed E-state index contributed by atoms with van der Waals surface area (Å²) in [5.41, 5.74) is 2.10. The van der Waals surface area contributed by atoms with E-state index in [0.717, 1.165) is 22.9 Å². The summed E-state index contributed by atoms with van der Waals surface area (Å²) in [4.78, 5) is 19.4. The molecule has 1 aliphatic heterocycles. The van der Waals surface area contributed by atoms with Crippen molar-refractivity contribution in [2.24, 2.45) is 0 Å². The zero-order valence-corrected chi connectivity index (χ0v) is 11.6. The fourth-order valence-corrected chi connectivity index (χ4v) is 2.71. The minimum absolute atomic E-state index is 0.0767. The molecule has 1 aromatic heterocycles. The van der Waals surface area contributed by atoms with Gasteiger partial charge in [0.2, 0.25) is 5.91 Å². The van der Waals surface area contributed by atoms with Crippen molar-refractivity contribution in [1.29, 1.82) is 0 Å². The number of fused-ring (bicyclic) bond motifs is 1. The van der Waals surface area contributed by atoms with E-state index >= 15 is 0 Å². The van der Waals surface area contributed by atoms with Crippen molar-refractivity contribution in [3.05, 3.63) is 17.7 Å². The molecule has 0 bridgehead atoms. The van der Waals surface area contributed by atoms with Crippen molar-refractivity contribution in [2.45, 2.75) is 38.9 Å². The second-order valence-electron chi connectivity index (χ2n) is 4.53. The van der Waals surface area contributed by atoms with Gasteiger partial charge in [-0.3, -0.25) is 10.1 Å². The first-order valence-electron chi connectivity index (χ1n) is 6.33. The van der Waals surface area contributed by atoms with Crippen LogP contribution in [0.25, 0.3) is 0 Å². The number of aromatic nitrogens is 2.